The quantitative estimate of drug-likeness (QED) is 0.500. The van der Waals surface area contributed by atoms with Gasteiger partial charge in [0.25, 0.3) is 0 Å². The van der Waals surface area contributed by atoms with Gasteiger partial charge in [-0.2, -0.15) is 0 Å². The third-order valence-corrected chi connectivity index (χ3v) is 1.16. The highest BCUT2D eigenvalue weighted by Gasteiger charge is 1.99. The van der Waals surface area contributed by atoms with Crippen molar-refractivity contribution in [1.29, 1.82) is 0 Å². The van der Waals surface area contributed by atoms with Crippen molar-refractivity contribution in [1.82, 2.24) is 0 Å². The fourth-order valence-corrected chi connectivity index (χ4v) is 0.668. The van der Waals surface area contributed by atoms with Crippen LogP contribution in [0.2, 0.25) is 0 Å². The van der Waals surface area contributed by atoms with Crippen molar-refractivity contribution in [2.24, 2.45) is 0 Å². The van der Waals surface area contributed by atoms with Crippen molar-refractivity contribution in [2.45, 2.75) is 0 Å². The molecule has 0 saturated heterocycles. The lowest BCUT2D eigenvalue weighted by Gasteiger charge is -2.16. The molecule has 5 nitrogen and oxygen atoms in total. The topological polar surface area (TPSA) is 87.0 Å². The van der Waals surface area contributed by atoms with E-state index in [2.05, 4.69) is 0 Å². The Kier molecular flexibility index (Phi) is 1.84. The zero-order valence-electron chi connectivity index (χ0n) is 5.43. The average molecular weight is 156 g/mol. The van der Waals surface area contributed by atoms with Crippen LogP contribution in [0.4, 0.5) is 5.69 Å². The maximum Gasteiger partial charge on any atom is 0.115 e. The molecule has 60 valence electrons. The Labute approximate surface area is 62.3 Å². The smallest absolute Gasteiger partial charge is 0.115 e. The number of aromatic hydroxyl groups is 1. The highest BCUT2D eigenvalue weighted by molar-refractivity contribution is 5.55. The predicted octanol–water partition coefficient (Wildman–Crippen LogP) is 0.0506. The summed E-state index contributed by atoms with van der Waals surface area (Å²) in [5.74, 6) is -0.865. The molecule has 5 heteroatoms. The second kappa shape index (κ2) is 2.65. The van der Waals surface area contributed by atoms with Crippen molar-refractivity contribution in [2.75, 3.05) is 5.23 Å². The van der Waals surface area contributed by atoms with Gasteiger partial charge < -0.3 is 10.2 Å². The Morgan fingerprint density at radius 3 is 2.36 bits per heavy atom. The van der Waals surface area contributed by atoms with Gasteiger partial charge >= 0.3 is 0 Å². The molecule has 0 amide bonds. The SMILES string of the molecule is [O-]c1cc(O)ccc1N(O)O. The van der Waals surface area contributed by atoms with Gasteiger partial charge in [0.05, 0.1) is 5.69 Å². The molecule has 0 aromatic heterocycles. The van der Waals surface area contributed by atoms with Gasteiger partial charge in [-0.1, -0.05) is 5.75 Å². The van der Waals surface area contributed by atoms with Crippen LogP contribution in [0.3, 0.4) is 0 Å². The Hall–Kier alpha value is -1.46. The Balaban J connectivity index is 3.09. The molecule has 11 heavy (non-hydrogen) atoms. The van der Waals surface area contributed by atoms with Gasteiger partial charge in [0.2, 0.25) is 0 Å². The molecular formula is C6H6NO4-. The Morgan fingerprint density at radius 1 is 1.27 bits per heavy atom. The Morgan fingerprint density at radius 2 is 1.91 bits per heavy atom. The third kappa shape index (κ3) is 1.51. The number of rotatable bonds is 1. The van der Waals surface area contributed by atoms with E-state index in [9.17, 15) is 5.11 Å². The molecule has 1 aromatic carbocycles. The van der Waals surface area contributed by atoms with Crippen LogP contribution >= 0.6 is 0 Å². The molecule has 1 rings (SSSR count). The zero-order valence-corrected chi connectivity index (χ0v) is 5.43. The monoisotopic (exact) mass is 156 g/mol. The van der Waals surface area contributed by atoms with Gasteiger partial charge in [0, 0.05) is 0 Å². The molecule has 0 aliphatic rings. The van der Waals surface area contributed by atoms with Gasteiger partial charge in [-0.25, -0.2) is 0 Å². The van der Waals surface area contributed by atoms with Crippen molar-refractivity contribution in [3.05, 3.63) is 18.2 Å². The molecule has 0 bridgehead atoms. The number of nitrogens with zero attached hydrogens (tertiary/aromatic N) is 1. The molecule has 0 fully saturated rings. The normalized spacial score (nSPS) is 9.64. The van der Waals surface area contributed by atoms with E-state index in [1.54, 1.807) is 0 Å². The fraction of sp³-hybridized carbons (Fsp3) is 0. The van der Waals surface area contributed by atoms with Crippen molar-refractivity contribution in [3.63, 3.8) is 0 Å². The van der Waals surface area contributed by atoms with Crippen LogP contribution in [0.15, 0.2) is 18.2 Å². The molecule has 0 heterocycles. The van der Waals surface area contributed by atoms with E-state index in [1.807, 2.05) is 0 Å². The molecule has 0 atom stereocenters. The van der Waals surface area contributed by atoms with Crippen LogP contribution in [-0.4, -0.2) is 15.5 Å². The molecular weight excluding hydrogens is 150 g/mol. The van der Waals surface area contributed by atoms with Crippen molar-refractivity contribution in [3.8, 4) is 11.5 Å². The summed E-state index contributed by atoms with van der Waals surface area (Å²) in [6, 6.07) is 3.16. The van der Waals surface area contributed by atoms with E-state index in [0.29, 0.717) is 0 Å². The molecule has 0 aliphatic carbocycles. The van der Waals surface area contributed by atoms with Gasteiger partial charge in [-0.3, -0.25) is 10.4 Å². The van der Waals surface area contributed by atoms with Gasteiger partial charge in [0.15, 0.2) is 0 Å². The predicted molar refractivity (Wildman–Crippen MR) is 33.6 cm³/mol. The van der Waals surface area contributed by atoms with Gasteiger partial charge in [-0.15, -0.1) is 5.23 Å². The minimum Gasteiger partial charge on any atom is -0.871 e. The molecule has 1 aromatic rings. The summed E-state index contributed by atoms with van der Waals surface area (Å²) in [6.07, 6.45) is 0. The average Bonchev–Trinajstić information content (AvgIpc) is 1.85. The molecule has 0 radical (unpaired) electrons. The highest BCUT2D eigenvalue weighted by Crippen LogP contribution is 2.26. The largest absolute Gasteiger partial charge is 0.871 e. The van der Waals surface area contributed by atoms with E-state index >= 15 is 0 Å². The first-order valence-corrected chi connectivity index (χ1v) is 2.79. The first-order chi connectivity index (χ1) is 5.11. The summed E-state index contributed by atoms with van der Waals surface area (Å²) >= 11 is 0. The van der Waals surface area contributed by atoms with Crippen molar-refractivity contribution < 1.29 is 20.6 Å². The number of anilines is 1. The van der Waals surface area contributed by atoms with Crippen LogP contribution in [0.1, 0.15) is 0 Å². The minimum atomic E-state index is -0.657. The number of benzene rings is 1. The van der Waals surface area contributed by atoms with Crippen LogP contribution in [0.25, 0.3) is 0 Å². The molecule has 0 saturated carbocycles. The van der Waals surface area contributed by atoms with Crippen LogP contribution in [0.5, 0.6) is 11.5 Å². The summed E-state index contributed by atoms with van der Waals surface area (Å²) < 4.78 is 0. The lowest BCUT2D eigenvalue weighted by Crippen LogP contribution is -2.13. The molecule has 0 spiro atoms. The van der Waals surface area contributed by atoms with E-state index in [1.165, 1.54) is 6.07 Å². The molecule has 0 unspecified atom stereocenters. The Bertz CT molecular complexity index is 261. The van der Waals surface area contributed by atoms with E-state index in [4.69, 9.17) is 15.5 Å². The van der Waals surface area contributed by atoms with Crippen LogP contribution in [0, 0.1) is 0 Å². The van der Waals surface area contributed by atoms with Gasteiger partial charge in [-0.05, 0) is 18.2 Å². The van der Waals surface area contributed by atoms with E-state index < -0.39 is 5.75 Å². The van der Waals surface area contributed by atoms with Crippen LogP contribution < -0.4 is 10.3 Å². The first-order valence-electron chi connectivity index (χ1n) is 2.79. The van der Waals surface area contributed by atoms with E-state index in [-0.39, 0.29) is 16.7 Å². The lowest BCUT2D eigenvalue weighted by atomic mass is 10.3. The summed E-state index contributed by atoms with van der Waals surface area (Å²) in [5, 5.41) is 36.0. The summed E-state index contributed by atoms with van der Waals surface area (Å²) in [4.78, 5) is 0. The third-order valence-electron chi connectivity index (χ3n) is 1.16. The molecule has 0 aliphatic heterocycles. The summed E-state index contributed by atoms with van der Waals surface area (Å²) in [5.41, 5.74) is -0.303. The highest BCUT2D eigenvalue weighted by atomic mass is 16.8. The fourth-order valence-electron chi connectivity index (χ4n) is 0.668. The second-order valence-electron chi connectivity index (χ2n) is 1.94. The first kappa shape index (κ1) is 7.64. The summed E-state index contributed by atoms with van der Waals surface area (Å²) in [7, 11) is 0. The maximum atomic E-state index is 10.8. The van der Waals surface area contributed by atoms with Crippen LogP contribution in [-0.2, 0) is 0 Å². The standard InChI is InChI=1S/C6H7NO4/c8-4-1-2-5(7(10)11)6(9)3-4/h1-3,8-11H/p-1. The zero-order chi connectivity index (χ0) is 8.43. The van der Waals surface area contributed by atoms with Crippen molar-refractivity contribution >= 4 is 5.69 Å². The number of hydrogen-bond acceptors (Lipinski definition) is 5. The second-order valence-corrected chi connectivity index (χ2v) is 1.94. The minimum absolute atomic E-state index is 0.208. The number of hydrogen-bond donors (Lipinski definition) is 3. The number of phenolic OH excluding ortho intramolecular Hbond substituents is 1. The lowest BCUT2D eigenvalue weighted by molar-refractivity contribution is -0.268. The molecule has 3 N–H and O–H groups in total. The maximum absolute atomic E-state index is 10.8. The van der Waals surface area contributed by atoms with E-state index in [0.717, 1.165) is 12.1 Å². The number of phenols is 1. The summed E-state index contributed by atoms with van der Waals surface area (Å²) in [6.45, 7) is 0. The van der Waals surface area contributed by atoms with Gasteiger partial charge in [0.1, 0.15) is 5.75 Å².